The van der Waals surface area contributed by atoms with Crippen LogP contribution in [-0.2, 0) is 11.2 Å². The van der Waals surface area contributed by atoms with Crippen LogP contribution in [0.1, 0.15) is 44.1 Å². The molecular weight excluding hydrogens is 246 g/mol. The summed E-state index contributed by atoms with van der Waals surface area (Å²) in [5.41, 5.74) is 1.57. The average Bonchev–Trinajstić information content (AvgIpc) is 2.93. The fourth-order valence-electron chi connectivity index (χ4n) is 3.53. The van der Waals surface area contributed by atoms with Crippen molar-refractivity contribution < 1.29 is 9.31 Å². The van der Waals surface area contributed by atoms with Crippen molar-refractivity contribution in [2.45, 2.75) is 50.5 Å². The van der Waals surface area contributed by atoms with Crippen molar-refractivity contribution in [3.8, 4) is 0 Å². The predicted octanol–water partition coefficient (Wildman–Crippen LogP) is 3.44. The van der Waals surface area contributed by atoms with Crippen molar-refractivity contribution in [1.82, 2.24) is 0 Å². The molecule has 2 heterocycles. The fraction of sp³-hybridized carbons (Fsp3) is 0.611. The summed E-state index contributed by atoms with van der Waals surface area (Å²) in [6, 6.07) is 10.8. The average molecular weight is 272 g/mol. The molecular formula is C18H26NO+. The maximum Gasteiger partial charge on any atom is 0.171 e. The van der Waals surface area contributed by atoms with E-state index in [1.54, 1.807) is 0 Å². The molecule has 0 bridgehead atoms. The number of aryl methyl sites for hydroxylation is 1. The van der Waals surface area contributed by atoms with Crippen molar-refractivity contribution in [3.63, 3.8) is 0 Å². The van der Waals surface area contributed by atoms with E-state index >= 15 is 0 Å². The third-order valence-corrected chi connectivity index (χ3v) is 4.60. The number of unbranched alkanes of at least 4 members (excludes halogenated alkanes) is 1. The largest absolute Gasteiger partial charge is 0.365 e. The molecule has 1 saturated heterocycles. The first-order valence-corrected chi connectivity index (χ1v) is 8.14. The molecule has 0 aliphatic carbocycles. The Labute approximate surface area is 122 Å². The number of ether oxygens (including phenoxy) is 1. The minimum Gasteiger partial charge on any atom is -0.365 e. The Bertz CT molecular complexity index is 446. The van der Waals surface area contributed by atoms with Crippen molar-refractivity contribution in [2.75, 3.05) is 19.7 Å². The summed E-state index contributed by atoms with van der Waals surface area (Å²) in [7, 11) is 0. The minimum atomic E-state index is 0.109. The van der Waals surface area contributed by atoms with E-state index in [2.05, 4.69) is 41.1 Å². The lowest BCUT2D eigenvalue weighted by Gasteiger charge is -2.25. The topological polar surface area (TPSA) is 12.2 Å². The molecule has 1 aromatic carbocycles. The molecule has 1 spiro atoms. The van der Waals surface area contributed by atoms with Gasteiger partial charge >= 0.3 is 0 Å². The first kappa shape index (κ1) is 13.8. The molecule has 0 saturated carbocycles. The predicted molar refractivity (Wildman–Crippen MR) is 82.6 cm³/mol. The van der Waals surface area contributed by atoms with Crippen LogP contribution in [0.2, 0.25) is 0 Å². The maximum atomic E-state index is 5.99. The molecule has 0 aromatic heterocycles. The molecule has 1 atom stereocenters. The van der Waals surface area contributed by atoms with E-state index in [0.717, 1.165) is 6.61 Å². The van der Waals surface area contributed by atoms with Crippen LogP contribution < -0.4 is 0 Å². The first-order valence-electron chi connectivity index (χ1n) is 8.14. The van der Waals surface area contributed by atoms with Crippen LogP contribution in [0.4, 0.5) is 0 Å². The van der Waals surface area contributed by atoms with Crippen molar-refractivity contribution in [1.29, 1.82) is 0 Å². The van der Waals surface area contributed by atoms with Gasteiger partial charge in [0.15, 0.2) is 6.21 Å². The van der Waals surface area contributed by atoms with Crippen LogP contribution in [-0.4, -0.2) is 36.1 Å². The smallest absolute Gasteiger partial charge is 0.171 e. The van der Waals surface area contributed by atoms with E-state index in [9.17, 15) is 0 Å². The molecule has 2 aliphatic rings. The number of benzene rings is 1. The molecule has 2 heteroatoms. The number of hydrogen-bond acceptors (Lipinski definition) is 1. The molecule has 0 N–H and O–H groups in total. The highest BCUT2D eigenvalue weighted by molar-refractivity contribution is 5.64. The van der Waals surface area contributed by atoms with Crippen LogP contribution in [0.5, 0.6) is 0 Å². The van der Waals surface area contributed by atoms with Crippen LogP contribution in [0.3, 0.4) is 0 Å². The Morgan fingerprint density at radius 1 is 1.05 bits per heavy atom. The van der Waals surface area contributed by atoms with Gasteiger partial charge in [-0.1, -0.05) is 30.3 Å². The fourth-order valence-corrected chi connectivity index (χ4v) is 3.53. The molecule has 3 rings (SSSR count). The van der Waals surface area contributed by atoms with Gasteiger partial charge in [0.1, 0.15) is 18.7 Å². The van der Waals surface area contributed by atoms with Crippen molar-refractivity contribution in [2.24, 2.45) is 0 Å². The number of rotatable bonds is 5. The maximum absolute atomic E-state index is 5.99. The normalized spacial score (nSPS) is 25.9. The molecule has 2 aliphatic heterocycles. The zero-order valence-corrected chi connectivity index (χ0v) is 12.4. The molecule has 2 nitrogen and oxygen atoms in total. The second-order valence-corrected chi connectivity index (χ2v) is 6.23. The van der Waals surface area contributed by atoms with Crippen molar-refractivity contribution in [3.05, 3.63) is 35.9 Å². The van der Waals surface area contributed by atoms with Gasteiger partial charge in [0, 0.05) is 19.4 Å². The molecule has 108 valence electrons. The SMILES string of the molecule is C1=[N+](CCCCc2ccccc2)CCCC12CCCO2. The summed E-state index contributed by atoms with van der Waals surface area (Å²) in [5.74, 6) is 0. The van der Waals surface area contributed by atoms with Crippen LogP contribution in [0, 0.1) is 0 Å². The number of hydrogen-bond donors (Lipinski definition) is 0. The van der Waals surface area contributed by atoms with Crippen molar-refractivity contribution >= 4 is 6.21 Å². The lowest BCUT2D eigenvalue weighted by Crippen LogP contribution is -2.40. The van der Waals surface area contributed by atoms with E-state index in [1.165, 1.54) is 63.6 Å². The standard InChI is InChI=1S/C18H26NO/c1-2-8-17(9-3-1)10-4-5-13-19-14-6-11-18(16-19)12-7-15-20-18/h1-3,8-9,16H,4-7,10-15H2/q+1. The minimum absolute atomic E-state index is 0.109. The monoisotopic (exact) mass is 272 g/mol. The molecule has 0 radical (unpaired) electrons. The molecule has 1 unspecified atom stereocenters. The third-order valence-electron chi connectivity index (χ3n) is 4.60. The zero-order valence-electron chi connectivity index (χ0n) is 12.4. The van der Waals surface area contributed by atoms with Gasteiger partial charge in [-0.15, -0.1) is 0 Å². The first-order chi connectivity index (χ1) is 9.86. The summed E-state index contributed by atoms with van der Waals surface area (Å²) in [5, 5.41) is 0. The van der Waals surface area contributed by atoms with Gasteiger partial charge in [-0.2, -0.15) is 0 Å². The van der Waals surface area contributed by atoms with Gasteiger partial charge in [-0.3, -0.25) is 0 Å². The van der Waals surface area contributed by atoms with Crippen LogP contribution >= 0.6 is 0 Å². The molecule has 20 heavy (non-hydrogen) atoms. The Hall–Kier alpha value is -1.15. The van der Waals surface area contributed by atoms with E-state index < -0.39 is 0 Å². The summed E-state index contributed by atoms with van der Waals surface area (Å²) in [4.78, 5) is 0. The van der Waals surface area contributed by atoms with Gasteiger partial charge in [0.25, 0.3) is 0 Å². The van der Waals surface area contributed by atoms with Gasteiger partial charge in [-0.05, 0) is 37.7 Å². The van der Waals surface area contributed by atoms with Crippen LogP contribution in [0.15, 0.2) is 30.3 Å². The summed E-state index contributed by atoms with van der Waals surface area (Å²) in [6.07, 6.45) is 11.2. The van der Waals surface area contributed by atoms with E-state index in [1.807, 2.05) is 0 Å². The Morgan fingerprint density at radius 3 is 2.70 bits per heavy atom. The van der Waals surface area contributed by atoms with E-state index in [-0.39, 0.29) is 5.60 Å². The van der Waals surface area contributed by atoms with Gasteiger partial charge in [0.05, 0.1) is 0 Å². The molecule has 1 aromatic rings. The second-order valence-electron chi connectivity index (χ2n) is 6.23. The molecule has 1 fully saturated rings. The highest BCUT2D eigenvalue weighted by Crippen LogP contribution is 2.30. The lowest BCUT2D eigenvalue weighted by atomic mass is 9.93. The summed E-state index contributed by atoms with van der Waals surface area (Å²) in [6.45, 7) is 3.37. The summed E-state index contributed by atoms with van der Waals surface area (Å²) >= 11 is 0. The Balaban J connectivity index is 1.45. The highest BCUT2D eigenvalue weighted by Gasteiger charge is 2.39. The van der Waals surface area contributed by atoms with Gasteiger partial charge in [0.2, 0.25) is 0 Å². The second kappa shape index (κ2) is 6.53. The number of nitrogens with zero attached hydrogens (tertiary/aromatic N) is 1. The van der Waals surface area contributed by atoms with Crippen LogP contribution in [0.25, 0.3) is 0 Å². The van der Waals surface area contributed by atoms with Gasteiger partial charge in [-0.25, -0.2) is 4.58 Å². The zero-order chi connectivity index (χ0) is 13.7. The quantitative estimate of drug-likeness (QED) is 0.591. The third kappa shape index (κ3) is 3.49. The highest BCUT2D eigenvalue weighted by atomic mass is 16.5. The lowest BCUT2D eigenvalue weighted by molar-refractivity contribution is -0.533. The molecule has 0 amide bonds. The van der Waals surface area contributed by atoms with E-state index in [4.69, 9.17) is 4.74 Å². The van der Waals surface area contributed by atoms with E-state index in [0.29, 0.717) is 0 Å². The Kier molecular flexibility index (Phi) is 4.51. The van der Waals surface area contributed by atoms with Gasteiger partial charge < -0.3 is 4.74 Å². The summed E-state index contributed by atoms with van der Waals surface area (Å²) < 4.78 is 8.50. The Morgan fingerprint density at radius 2 is 1.90 bits per heavy atom.